The third-order valence-corrected chi connectivity index (χ3v) is 3.89. The fraction of sp³-hybridized carbons (Fsp3) is 0.125. The van der Waals surface area contributed by atoms with Crippen LogP contribution in [0.5, 0.6) is 0 Å². The summed E-state index contributed by atoms with van der Waals surface area (Å²) in [6, 6.07) is 12.1. The summed E-state index contributed by atoms with van der Waals surface area (Å²) in [4.78, 5) is 1.08. The van der Waals surface area contributed by atoms with Crippen LogP contribution in [0.4, 0.5) is 4.39 Å². The average molecular weight is 307 g/mol. The highest BCUT2D eigenvalue weighted by molar-refractivity contribution is 7.98. The Kier molecular flexibility index (Phi) is 5.49. The molecule has 2 aromatic rings. The predicted octanol–water partition coefficient (Wildman–Crippen LogP) is 4.12. The second-order valence-corrected chi connectivity index (χ2v) is 5.49. The van der Waals surface area contributed by atoms with Crippen molar-refractivity contribution in [3.8, 4) is 11.8 Å². The van der Waals surface area contributed by atoms with E-state index in [0.717, 1.165) is 10.5 Å². The maximum Gasteiger partial charge on any atom is 0.124 e. The lowest BCUT2D eigenvalue weighted by atomic mass is 10.1. The Labute approximate surface area is 126 Å². The van der Waals surface area contributed by atoms with Crippen molar-refractivity contribution in [1.82, 2.24) is 0 Å². The van der Waals surface area contributed by atoms with Crippen molar-refractivity contribution in [1.29, 1.82) is 0 Å². The van der Waals surface area contributed by atoms with E-state index in [2.05, 4.69) is 11.8 Å². The number of benzene rings is 2. The summed E-state index contributed by atoms with van der Waals surface area (Å²) in [5.74, 6) is 5.68. The minimum atomic E-state index is -0.326. The van der Waals surface area contributed by atoms with E-state index in [9.17, 15) is 4.39 Å². The molecular weight excluding hydrogens is 295 g/mol. The van der Waals surface area contributed by atoms with E-state index in [1.165, 1.54) is 12.1 Å². The minimum Gasteiger partial charge on any atom is -0.384 e. The maximum atomic E-state index is 13.2. The highest BCUT2D eigenvalue weighted by atomic mass is 35.5. The minimum absolute atomic E-state index is 0.236. The summed E-state index contributed by atoms with van der Waals surface area (Å²) in [7, 11) is 0. The molecule has 1 N–H and O–H groups in total. The molecule has 0 aliphatic carbocycles. The molecule has 0 heterocycles. The first-order chi connectivity index (χ1) is 9.69. The molecule has 0 unspecified atom stereocenters. The number of thioether (sulfide) groups is 1. The van der Waals surface area contributed by atoms with Gasteiger partial charge in [-0.15, -0.1) is 11.8 Å². The molecule has 0 spiro atoms. The summed E-state index contributed by atoms with van der Waals surface area (Å²) < 4.78 is 13.2. The van der Waals surface area contributed by atoms with Gasteiger partial charge in [-0.1, -0.05) is 29.5 Å². The van der Waals surface area contributed by atoms with E-state index in [1.807, 2.05) is 24.3 Å². The van der Waals surface area contributed by atoms with Crippen LogP contribution in [0.15, 0.2) is 47.4 Å². The van der Waals surface area contributed by atoms with Gasteiger partial charge >= 0.3 is 0 Å². The molecule has 0 radical (unpaired) electrons. The fourth-order valence-electron chi connectivity index (χ4n) is 1.62. The molecule has 0 atom stereocenters. The van der Waals surface area contributed by atoms with Gasteiger partial charge in [-0.3, -0.25) is 0 Å². The first-order valence-corrected chi connectivity index (χ1v) is 7.32. The summed E-state index contributed by atoms with van der Waals surface area (Å²) in [5, 5.41) is 9.44. The molecule has 1 nitrogen and oxygen atoms in total. The van der Waals surface area contributed by atoms with E-state index in [0.29, 0.717) is 16.3 Å². The summed E-state index contributed by atoms with van der Waals surface area (Å²) in [6.07, 6.45) is 0. The van der Waals surface area contributed by atoms with Gasteiger partial charge in [0.05, 0.1) is 0 Å². The molecule has 0 saturated carbocycles. The molecule has 0 amide bonds. The van der Waals surface area contributed by atoms with Crippen LogP contribution >= 0.6 is 23.4 Å². The van der Waals surface area contributed by atoms with E-state index in [-0.39, 0.29) is 12.4 Å². The number of aliphatic hydroxyl groups excluding tert-OH is 1. The number of hydrogen-bond donors (Lipinski definition) is 1. The third-order valence-electron chi connectivity index (χ3n) is 2.58. The normalized spacial score (nSPS) is 9.95. The van der Waals surface area contributed by atoms with Crippen LogP contribution in [-0.4, -0.2) is 11.7 Å². The fourth-order valence-corrected chi connectivity index (χ4v) is 2.65. The molecule has 2 rings (SSSR count). The van der Waals surface area contributed by atoms with Crippen molar-refractivity contribution in [3.05, 3.63) is 64.4 Å². The summed E-state index contributed by atoms with van der Waals surface area (Å²) >= 11 is 7.46. The highest BCUT2D eigenvalue weighted by Crippen LogP contribution is 2.25. The van der Waals surface area contributed by atoms with Crippen molar-refractivity contribution < 1.29 is 9.50 Å². The SMILES string of the molecule is OCC#Cc1cc(F)ccc1CSc1ccc(Cl)cc1. The van der Waals surface area contributed by atoms with Crippen molar-refractivity contribution in [3.63, 3.8) is 0 Å². The molecule has 102 valence electrons. The quantitative estimate of drug-likeness (QED) is 0.680. The smallest absolute Gasteiger partial charge is 0.124 e. The molecule has 20 heavy (non-hydrogen) atoms. The first-order valence-electron chi connectivity index (χ1n) is 5.95. The van der Waals surface area contributed by atoms with Crippen molar-refractivity contribution in [2.45, 2.75) is 10.6 Å². The Morgan fingerprint density at radius 2 is 1.90 bits per heavy atom. The van der Waals surface area contributed by atoms with Crippen LogP contribution in [0.1, 0.15) is 11.1 Å². The van der Waals surface area contributed by atoms with Crippen LogP contribution < -0.4 is 0 Å². The van der Waals surface area contributed by atoms with Gasteiger partial charge in [0.15, 0.2) is 0 Å². The Hall–Kier alpha value is -1.47. The first kappa shape index (κ1) is 14.9. The van der Waals surface area contributed by atoms with Gasteiger partial charge < -0.3 is 5.11 Å². The molecule has 0 aliphatic rings. The monoisotopic (exact) mass is 306 g/mol. The Morgan fingerprint density at radius 1 is 1.15 bits per heavy atom. The highest BCUT2D eigenvalue weighted by Gasteiger charge is 2.03. The molecule has 0 aromatic heterocycles. The van der Waals surface area contributed by atoms with Gasteiger partial charge in [-0.05, 0) is 42.0 Å². The van der Waals surface area contributed by atoms with Gasteiger partial charge in [0.25, 0.3) is 0 Å². The van der Waals surface area contributed by atoms with E-state index in [4.69, 9.17) is 16.7 Å². The second-order valence-electron chi connectivity index (χ2n) is 4.00. The van der Waals surface area contributed by atoms with Crippen LogP contribution in [0.3, 0.4) is 0 Å². The van der Waals surface area contributed by atoms with Crippen molar-refractivity contribution in [2.75, 3.05) is 6.61 Å². The van der Waals surface area contributed by atoms with Crippen LogP contribution in [0, 0.1) is 17.7 Å². The molecule has 2 aromatic carbocycles. The third kappa shape index (κ3) is 4.28. The molecule has 0 saturated heterocycles. The number of halogens is 2. The van der Waals surface area contributed by atoms with Crippen LogP contribution in [0.2, 0.25) is 5.02 Å². The van der Waals surface area contributed by atoms with Gasteiger partial charge in [-0.2, -0.15) is 0 Å². The number of rotatable bonds is 3. The Morgan fingerprint density at radius 3 is 2.60 bits per heavy atom. The van der Waals surface area contributed by atoms with Gasteiger partial charge in [0.2, 0.25) is 0 Å². The average Bonchev–Trinajstić information content (AvgIpc) is 2.46. The lowest BCUT2D eigenvalue weighted by molar-refractivity contribution is 0.350. The molecular formula is C16H12ClFOS. The lowest BCUT2D eigenvalue weighted by Crippen LogP contribution is -1.90. The molecule has 4 heteroatoms. The topological polar surface area (TPSA) is 20.2 Å². The van der Waals surface area contributed by atoms with Gasteiger partial charge in [0, 0.05) is 21.2 Å². The van der Waals surface area contributed by atoms with E-state index >= 15 is 0 Å². The van der Waals surface area contributed by atoms with Crippen LogP contribution in [-0.2, 0) is 5.75 Å². The summed E-state index contributed by atoms with van der Waals surface area (Å²) in [5.41, 5.74) is 1.55. The van der Waals surface area contributed by atoms with E-state index < -0.39 is 0 Å². The summed E-state index contributed by atoms with van der Waals surface area (Å²) in [6.45, 7) is -0.236. The number of hydrogen-bond acceptors (Lipinski definition) is 2. The zero-order chi connectivity index (χ0) is 14.4. The second kappa shape index (κ2) is 7.35. The van der Waals surface area contributed by atoms with Gasteiger partial charge in [-0.25, -0.2) is 4.39 Å². The van der Waals surface area contributed by atoms with Gasteiger partial charge in [0.1, 0.15) is 12.4 Å². The Balaban J connectivity index is 2.14. The predicted molar refractivity (Wildman–Crippen MR) is 81.4 cm³/mol. The lowest BCUT2D eigenvalue weighted by Gasteiger charge is -2.05. The molecule has 0 aliphatic heterocycles. The van der Waals surface area contributed by atoms with E-state index in [1.54, 1.807) is 17.8 Å². The largest absolute Gasteiger partial charge is 0.384 e. The zero-order valence-electron chi connectivity index (χ0n) is 10.6. The van der Waals surface area contributed by atoms with Crippen molar-refractivity contribution >= 4 is 23.4 Å². The van der Waals surface area contributed by atoms with Crippen LogP contribution in [0.25, 0.3) is 0 Å². The number of aliphatic hydroxyl groups is 1. The standard InChI is InChI=1S/C16H12ClFOS/c17-14-4-7-16(8-5-14)20-11-13-3-6-15(18)10-12(13)2-1-9-19/h3-8,10,19H,9,11H2. The molecule has 0 fully saturated rings. The molecule has 0 bridgehead atoms. The zero-order valence-corrected chi connectivity index (χ0v) is 12.1. The Bertz CT molecular complexity index is 644. The maximum absolute atomic E-state index is 13.2. The van der Waals surface area contributed by atoms with Crippen molar-refractivity contribution in [2.24, 2.45) is 0 Å².